The second kappa shape index (κ2) is 7.90. The Balaban J connectivity index is 1.72. The Kier molecular flexibility index (Phi) is 6.07. The predicted molar refractivity (Wildman–Crippen MR) is 95.7 cm³/mol. The van der Waals surface area contributed by atoms with Crippen molar-refractivity contribution in [3.63, 3.8) is 0 Å². The highest BCUT2D eigenvalue weighted by molar-refractivity contribution is 6.42. The third kappa shape index (κ3) is 3.74. The van der Waals surface area contributed by atoms with Crippen molar-refractivity contribution in [2.24, 2.45) is 0 Å². The molecule has 134 valence electrons. The quantitative estimate of drug-likeness (QED) is 0.828. The van der Waals surface area contributed by atoms with Crippen molar-refractivity contribution in [3.05, 3.63) is 33.8 Å². The molecule has 3 atom stereocenters. The zero-order valence-electron chi connectivity index (χ0n) is 14.0. The van der Waals surface area contributed by atoms with E-state index in [0.29, 0.717) is 22.7 Å². The van der Waals surface area contributed by atoms with Gasteiger partial charge in [0, 0.05) is 26.2 Å². The number of fused-ring (bicyclic) bond motifs is 1. The van der Waals surface area contributed by atoms with E-state index in [1.165, 1.54) is 0 Å². The van der Waals surface area contributed by atoms with E-state index in [1.807, 2.05) is 25.3 Å². The Bertz CT molecular complexity index is 571. The van der Waals surface area contributed by atoms with E-state index in [4.69, 9.17) is 37.8 Å². The number of halogens is 2. The number of aliphatic hydroxyl groups is 1. The summed E-state index contributed by atoms with van der Waals surface area (Å²) in [6.45, 7) is 2.32. The third-order valence-electron chi connectivity index (χ3n) is 5.47. The summed E-state index contributed by atoms with van der Waals surface area (Å²) in [7, 11) is 1.82. The van der Waals surface area contributed by atoms with Gasteiger partial charge in [0.1, 0.15) is 0 Å². The van der Waals surface area contributed by atoms with E-state index in [1.54, 1.807) is 0 Å². The standard InChI is InChI=1S/C18H25Cl2NO3/c1-23-18-5-4-14(24-9-8-22)11-17(18)21(7-6-18)12-13-2-3-15(19)16(20)10-13/h2-3,10,14,17,22H,4-9,11-12H2,1H3/t14-,17-,18+/m0/s1. The third-order valence-corrected chi connectivity index (χ3v) is 6.21. The summed E-state index contributed by atoms with van der Waals surface area (Å²) in [5, 5.41) is 10.2. The van der Waals surface area contributed by atoms with Crippen molar-refractivity contribution in [3.8, 4) is 0 Å². The van der Waals surface area contributed by atoms with Crippen molar-refractivity contribution >= 4 is 23.2 Å². The van der Waals surface area contributed by atoms with Gasteiger partial charge in [-0.3, -0.25) is 4.90 Å². The summed E-state index contributed by atoms with van der Waals surface area (Å²) in [5.41, 5.74) is 1.09. The van der Waals surface area contributed by atoms with E-state index in [-0.39, 0.29) is 18.3 Å². The number of hydrogen-bond acceptors (Lipinski definition) is 4. The van der Waals surface area contributed by atoms with E-state index in [2.05, 4.69) is 4.90 Å². The van der Waals surface area contributed by atoms with Crippen molar-refractivity contribution in [1.82, 2.24) is 4.90 Å². The lowest BCUT2D eigenvalue weighted by atomic mass is 9.79. The maximum atomic E-state index is 8.99. The van der Waals surface area contributed by atoms with Crippen LogP contribution in [0.1, 0.15) is 31.2 Å². The summed E-state index contributed by atoms with van der Waals surface area (Å²) in [4.78, 5) is 2.47. The Morgan fingerprint density at radius 2 is 2.12 bits per heavy atom. The van der Waals surface area contributed by atoms with Crippen LogP contribution in [0, 0.1) is 0 Å². The van der Waals surface area contributed by atoms with Gasteiger partial charge >= 0.3 is 0 Å². The second-order valence-corrected chi connectivity index (χ2v) is 7.56. The molecule has 1 saturated heterocycles. The lowest BCUT2D eigenvalue weighted by Gasteiger charge is -2.43. The van der Waals surface area contributed by atoms with Crippen molar-refractivity contribution in [1.29, 1.82) is 0 Å². The number of benzene rings is 1. The molecule has 1 heterocycles. The monoisotopic (exact) mass is 373 g/mol. The molecule has 0 spiro atoms. The minimum Gasteiger partial charge on any atom is -0.394 e. The molecule has 0 amide bonds. The van der Waals surface area contributed by atoms with Crippen LogP contribution in [-0.4, -0.2) is 54.6 Å². The van der Waals surface area contributed by atoms with Gasteiger partial charge in [-0.05, 0) is 43.4 Å². The SMILES string of the molecule is CO[C@@]12CC[C@H](OCCO)C[C@@H]1N(Cc1ccc(Cl)c(Cl)c1)CC2. The van der Waals surface area contributed by atoms with Gasteiger partial charge in [0.25, 0.3) is 0 Å². The van der Waals surface area contributed by atoms with Crippen LogP contribution in [0.15, 0.2) is 18.2 Å². The van der Waals surface area contributed by atoms with Crippen LogP contribution in [0.3, 0.4) is 0 Å². The first-order valence-electron chi connectivity index (χ1n) is 8.53. The second-order valence-electron chi connectivity index (χ2n) is 6.74. The zero-order valence-corrected chi connectivity index (χ0v) is 15.5. The first-order chi connectivity index (χ1) is 11.6. The molecule has 2 fully saturated rings. The number of rotatable bonds is 6. The number of likely N-dealkylation sites (tertiary alicyclic amines) is 1. The molecule has 1 saturated carbocycles. The molecule has 1 aromatic rings. The summed E-state index contributed by atoms with van der Waals surface area (Å²) in [6, 6.07) is 6.16. The topological polar surface area (TPSA) is 41.9 Å². The van der Waals surface area contributed by atoms with Gasteiger partial charge < -0.3 is 14.6 Å². The minimum absolute atomic E-state index is 0.0730. The molecule has 1 aromatic carbocycles. The normalized spacial score (nSPS) is 30.5. The van der Waals surface area contributed by atoms with Crippen LogP contribution in [0.4, 0.5) is 0 Å². The highest BCUT2D eigenvalue weighted by Gasteiger charge is 2.51. The first-order valence-corrected chi connectivity index (χ1v) is 9.29. The molecular formula is C18H25Cl2NO3. The highest BCUT2D eigenvalue weighted by atomic mass is 35.5. The summed E-state index contributed by atoms with van der Waals surface area (Å²) in [5.74, 6) is 0. The number of methoxy groups -OCH3 is 1. The van der Waals surface area contributed by atoms with E-state index < -0.39 is 0 Å². The van der Waals surface area contributed by atoms with Crippen molar-refractivity contribution < 1.29 is 14.6 Å². The largest absolute Gasteiger partial charge is 0.394 e. The molecule has 3 rings (SSSR count). The van der Waals surface area contributed by atoms with E-state index >= 15 is 0 Å². The number of ether oxygens (including phenoxy) is 2. The van der Waals surface area contributed by atoms with Crippen LogP contribution in [0.5, 0.6) is 0 Å². The molecular weight excluding hydrogens is 349 g/mol. The minimum atomic E-state index is -0.0741. The van der Waals surface area contributed by atoms with Gasteiger partial charge in [-0.1, -0.05) is 29.3 Å². The summed E-state index contributed by atoms with van der Waals surface area (Å²) >= 11 is 12.2. The Morgan fingerprint density at radius 3 is 2.83 bits per heavy atom. The van der Waals surface area contributed by atoms with Crippen LogP contribution in [0.25, 0.3) is 0 Å². The van der Waals surface area contributed by atoms with Gasteiger partial charge in [0.2, 0.25) is 0 Å². The fourth-order valence-corrected chi connectivity index (χ4v) is 4.51. The molecule has 0 radical (unpaired) electrons. The highest BCUT2D eigenvalue weighted by Crippen LogP contribution is 2.43. The van der Waals surface area contributed by atoms with Gasteiger partial charge in [-0.15, -0.1) is 0 Å². The molecule has 1 aliphatic heterocycles. The first kappa shape index (κ1) is 18.4. The van der Waals surface area contributed by atoms with Crippen LogP contribution in [-0.2, 0) is 16.0 Å². The molecule has 24 heavy (non-hydrogen) atoms. The van der Waals surface area contributed by atoms with Crippen LogP contribution >= 0.6 is 23.2 Å². The molecule has 0 unspecified atom stereocenters. The van der Waals surface area contributed by atoms with Gasteiger partial charge in [0.15, 0.2) is 0 Å². The van der Waals surface area contributed by atoms with Crippen LogP contribution < -0.4 is 0 Å². The average Bonchev–Trinajstić information content (AvgIpc) is 2.95. The maximum absolute atomic E-state index is 8.99. The molecule has 4 nitrogen and oxygen atoms in total. The average molecular weight is 374 g/mol. The Hall–Kier alpha value is -0.360. The molecule has 1 aliphatic carbocycles. The van der Waals surface area contributed by atoms with Gasteiger partial charge in [-0.2, -0.15) is 0 Å². The maximum Gasteiger partial charge on any atom is 0.0847 e. The number of nitrogens with zero attached hydrogens (tertiary/aromatic N) is 1. The number of aliphatic hydroxyl groups excluding tert-OH is 1. The smallest absolute Gasteiger partial charge is 0.0847 e. The summed E-state index contributed by atoms with van der Waals surface area (Å²) in [6.07, 6.45) is 4.17. The van der Waals surface area contributed by atoms with Crippen molar-refractivity contribution in [2.75, 3.05) is 26.9 Å². The van der Waals surface area contributed by atoms with Gasteiger partial charge in [0.05, 0.1) is 35.0 Å². The molecule has 2 aliphatic rings. The Labute approximate surface area is 153 Å². The van der Waals surface area contributed by atoms with Gasteiger partial charge in [-0.25, -0.2) is 0 Å². The molecule has 0 bridgehead atoms. The van der Waals surface area contributed by atoms with Crippen molar-refractivity contribution in [2.45, 2.75) is 50.0 Å². The van der Waals surface area contributed by atoms with E-state index in [0.717, 1.165) is 44.3 Å². The van der Waals surface area contributed by atoms with Crippen LogP contribution in [0.2, 0.25) is 10.0 Å². The fourth-order valence-electron chi connectivity index (χ4n) is 4.19. The molecule has 6 heteroatoms. The number of hydrogen-bond donors (Lipinski definition) is 1. The van der Waals surface area contributed by atoms with E-state index in [9.17, 15) is 0 Å². The lowest BCUT2D eigenvalue weighted by molar-refractivity contribution is -0.104. The summed E-state index contributed by atoms with van der Waals surface area (Å²) < 4.78 is 11.8. The molecule has 1 N–H and O–H groups in total. The zero-order chi connectivity index (χ0) is 17.2. The Morgan fingerprint density at radius 1 is 1.29 bits per heavy atom. The lowest BCUT2D eigenvalue weighted by Crippen LogP contribution is -2.51. The fraction of sp³-hybridized carbons (Fsp3) is 0.667. The molecule has 0 aromatic heterocycles. The predicted octanol–water partition coefficient (Wildman–Crippen LogP) is 3.51.